The van der Waals surface area contributed by atoms with Crippen LogP contribution in [0.4, 0.5) is 5.69 Å². The zero-order valence-corrected chi connectivity index (χ0v) is 20.1. The Morgan fingerprint density at radius 2 is 1.68 bits per heavy atom. The summed E-state index contributed by atoms with van der Waals surface area (Å²) in [6, 6.07) is 20.7. The van der Waals surface area contributed by atoms with Gasteiger partial charge in [0.15, 0.2) is 11.0 Å². The van der Waals surface area contributed by atoms with E-state index in [1.165, 1.54) is 6.07 Å². The van der Waals surface area contributed by atoms with E-state index in [2.05, 4.69) is 15.5 Å². The minimum absolute atomic E-state index is 0.304. The Kier molecular flexibility index (Phi) is 7.21. The maximum Gasteiger partial charge on any atom is 0.321 e. The summed E-state index contributed by atoms with van der Waals surface area (Å²) in [6.07, 6.45) is 0. The Hall–Kier alpha value is -3.33. The van der Waals surface area contributed by atoms with Crippen LogP contribution in [0.25, 0.3) is 11.4 Å². The number of thioether (sulfide) groups is 1. The molecule has 0 aliphatic carbocycles. The minimum atomic E-state index is -0.956. The molecule has 7 nitrogen and oxygen atoms in total. The Morgan fingerprint density at radius 1 is 0.971 bits per heavy atom. The van der Waals surface area contributed by atoms with Crippen molar-refractivity contribution in [1.29, 1.82) is 0 Å². The molecule has 4 rings (SSSR count). The summed E-state index contributed by atoms with van der Waals surface area (Å²) in [5.41, 5.74) is 2.42. The van der Waals surface area contributed by atoms with Crippen LogP contribution in [0.1, 0.15) is 21.2 Å². The first-order valence-electron chi connectivity index (χ1n) is 10.0. The van der Waals surface area contributed by atoms with E-state index in [1.54, 1.807) is 72.3 Å². The normalized spacial score (nSPS) is 11.7. The lowest BCUT2D eigenvalue weighted by Crippen LogP contribution is -2.11. The predicted molar refractivity (Wildman–Crippen MR) is 134 cm³/mol. The first-order valence-corrected chi connectivity index (χ1v) is 11.7. The van der Waals surface area contributed by atoms with Crippen LogP contribution < -0.4 is 5.32 Å². The predicted octanol–water partition coefficient (Wildman–Crippen LogP) is 5.96. The van der Waals surface area contributed by atoms with Crippen LogP contribution in [0.5, 0.6) is 0 Å². The molecule has 2 N–H and O–H groups in total. The van der Waals surface area contributed by atoms with Crippen molar-refractivity contribution in [2.45, 2.75) is 10.4 Å². The number of hydrogen-bond acceptors (Lipinski definition) is 5. The molecule has 0 spiro atoms. The van der Waals surface area contributed by atoms with Gasteiger partial charge in [-0.2, -0.15) is 0 Å². The average molecular weight is 513 g/mol. The van der Waals surface area contributed by atoms with Gasteiger partial charge in [-0.3, -0.25) is 9.59 Å². The van der Waals surface area contributed by atoms with Gasteiger partial charge in [0.2, 0.25) is 0 Å². The number of benzene rings is 3. The van der Waals surface area contributed by atoms with Gasteiger partial charge in [-0.25, -0.2) is 0 Å². The molecule has 1 amide bonds. The van der Waals surface area contributed by atoms with E-state index in [4.69, 9.17) is 23.2 Å². The van der Waals surface area contributed by atoms with Crippen molar-refractivity contribution in [2.75, 3.05) is 5.32 Å². The number of nitrogens with one attached hydrogen (secondary N) is 1. The highest BCUT2D eigenvalue weighted by atomic mass is 35.5. The molecule has 34 heavy (non-hydrogen) atoms. The number of carbonyl (C=O) groups excluding carboxylic acids is 1. The van der Waals surface area contributed by atoms with Gasteiger partial charge in [-0.1, -0.05) is 65.3 Å². The van der Waals surface area contributed by atoms with Crippen LogP contribution in [0.15, 0.2) is 78.0 Å². The van der Waals surface area contributed by atoms with Crippen LogP contribution in [0.3, 0.4) is 0 Å². The molecule has 1 atom stereocenters. The van der Waals surface area contributed by atoms with Crippen molar-refractivity contribution < 1.29 is 14.7 Å². The van der Waals surface area contributed by atoms with E-state index in [9.17, 15) is 14.7 Å². The summed E-state index contributed by atoms with van der Waals surface area (Å²) in [7, 11) is 1.78. The second-order valence-corrected chi connectivity index (χ2v) is 9.16. The summed E-state index contributed by atoms with van der Waals surface area (Å²) < 4.78 is 1.74. The Morgan fingerprint density at radius 3 is 2.32 bits per heavy atom. The summed E-state index contributed by atoms with van der Waals surface area (Å²) in [4.78, 5) is 24.3. The lowest BCUT2D eigenvalue weighted by Gasteiger charge is -2.12. The zero-order chi connectivity index (χ0) is 24.2. The van der Waals surface area contributed by atoms with E-state index in [1.807, 2.05) is 6.07 Å². The van der Waals surface area contributed by atoms with Gasteiger partial charge in [0.25, 0.3) is 5.91 Å². The van der Waals surface area contributed by atoms with Gasteiger partial charge in [0.1, 0.15) is 5.25 Å². The van der Waals surface area contributed by atoms with E-state index in [-0.39, 0.29) is 5.91 Å². The molecule has 4 aromatic rings. The number of anilines is 1. The van der Waals surface area contributed by atoms with E-state index >= 15 is 0 Å². The molecule has 10 heteroatoms. The highest BCUT2D eigenvalue weighted by Crippen LogP contribution is 2.35. The molecule has 0 aliphatic heterocycles. The molecule has 0 aliphatic rings. The number of aliphatic carboxylic acids is 1. The largest absolute Gasteiger partial charge is 0.480 e. The van der Waals surface area contributed by atoms with Gasteiger partial charge >= 0.3 is 5.97 Å². The SMILES string of the molecule is Cn1c(SC(C(=O)O)c2ccccc2)nnc1-c1ccc(NC(=O)c2ccc(Cl)c(Cl)c2)cc1. The van der Waals surface area contributed by atoms with Crippen molar-refractivity contribution >= 4 is 52.5 Å². The van der Waals surface area contributed by atoms with Gasteiger partial charge < -0.3 is 15.0 Å². The van der Waals surface area contributed by atoms with Crippen molar-refractivity contribution in [1.82, 2.24) is 14.8 Å². The molecular weight excluding hydrogens is 495 g/mol. The first kappa shape index (κ1) is 23.8. The molecule has 3 aromatic carbocycles. The van der Waals surface area contributed by atoms with Crippen molar-refractivity contribution in [3.63, 3.8) is 0 Å². The number of carbonyl (C=O) groups is 2. The minimum Gasteiger partial charge on any atom is -0.480 e. The van der Waals surface area contributed by atoms with Crippen LogP contribution in [0.2, 0.25) is 10.0 Å². The second-order valence-electron chi connectivity index (χ2n) is 7.27. The summed E-state index contributed by atoms with van der Waals surface area (Å²) in [6.45, 7) is 0. The highest BCUT2D eigenvalue weighted by Gasteiger charge is 2.24. The van der Waals surface area contributed by atoms with Gasteiger partial charge in [-0.05, 0) is 48.0 Å². The first-order chi connectivity index (χ1) is 16.3. The molecule has 0 bridgehead atoms. The number of carboxylic acid groups (broad SMARTS) is 1. The van der Waals surface area contributed by atoms with Crippen LogP contribution in [-0.2, 0) is 11.8 Å². The number of halogens is 2. The monoisotopic (exact) mass is 512 g/mol. The number of carboxylic acids is 1. The fourth-order valence-corrected chi connectivity index (χ4v) is 4.44. The summed E-state index contributed by atoms with van der Waals surface area (Å²) in [5, 5.41) is 21.3. The second kappa shape index (κ2) is 10.3. The standard InChI is InChI=1S/C24H18Cl2N4O3S/c1-30-21(28-29-24(30)34-20(23(32)33)14-5-3-2-4-6-14)15-7-10-17(11-8-15)27-22(31)16-9-12-18(25)19(26)13-16/h2-13,20H,1H3,(H,27,31)(H,32,33). The molecule has 0 fully saturated rings. The molecule has 1 unspecified atom stereocenters. The van der Waals surface area contributed by atoms with Crippen molar-refractivity contribution in [2.24, 2.45) is 7.05 Å². The fraction of sp³-hybridized carbons (Fsp3) is 0.0833. The maximum absolute atomic E-state index is 12.5. The van der Waals surface area contributed by atoms with Gasteiger partial charge in [0, 0.05) is 23.9 Å². The molecule has 0 saturated carbocycles. The molecule has 1 aromatic heterocycles. The lowest BCUT2D eigenvalue weighted by atomic mass is 10.1. The lowest BCUT2D eigenvalue weighted by molar-refractivity contribution is -0.136. The summed E-state index contributed by atoms with van der Waals surface area (Å²) in [5.74, 6) is -0.700. The fourth-order valence-electron chi connectivity index (χ4n) is 3.21. The third kappa shape index (κ3) is 5.25. The van der Waals surface area contributed by atoms with Crippen LogP contribution >= 0.6 is 35.0 Å². The van der Waals surface area contributed by atoms with E-state index in [0.717, 1.165) is 17.3 Å². The van der Waals surface area contributed by atoms with Gasteiger partial charge in [-0.15, -0.1) is 10.2 Å². The Balaban J connectivity index is 1.49. The molecule has 172 valence electrons. The van der Waals surface area contributed by atoms with Crippen LogP contribution in [0, 0.1) is 0 Å². The van der Waals surface area contributed by atoms with E-state index < -0.39 is 11.2 Å². The summed E-state index contributed by atoms with van der Waals surface area (Å²) >= 11 is 13.0. The number of nitrogens with zero attached hydrogens (tertiary/aromatic N) is 3. The van der Waals surface area contributed by atoms with Gasteiger partial charge in [0.05, 0.1) is 10.0 Å². The maximum atomic E-state index is 12.5. The van der Waals surface area contributed by atoms with E-state index in [0.29, 0.717) is 37.8 Å². The number of amides is 1. The zero-order valence-electron chi connectivity index (χ0n) is 17.8. The molecular formula is C24H18Cl2N4O3S. The number of rotatable bonds is 7. The third-order valence-electron chi connectivity index (χ3n) is 4.97. The Bertz CT molecular complexity index is 1340. The topological polar surface area (TPSA) is 97.1 Å². The van der Waals surface area contributed by atoms with Crippen molar-refractivity contribution in [3.05, 3.63) is 94.0 Å². The third-order valence-corrected chi connectivity index (χ3v) is 6.98. The quantitative estimate of drug-likeness (QED) is 0.296. The molecule has 0 radical (unpaired) electrons. The Labute approximate surface area is 209 Å². The number of aromatic nitrogens is 3. The highest BCUT2D eigenvalue weighted by molar-refractivity contribution is 8.00. The molecule has 0 saturated heterocycles. The average Bonchev–Trinajstić information content (AvgIpc) is 3.20. The van der Waals surface area contributed by atoms with Crippen molar-refractivity contribution in [3.8, 4) is 11.4 Å². The molecule has 1 heterocycles. The number of hydrogen-bond donors (Lipinski definition) is 2. The smallest absolute Gasteiger partial charge is 0.321 e. The van der Waals surface area contributed by atoms with Crippen LogP contribution in [-0.4, -0.2) is 31.7 Å².